The van der Waals surface area contributed by atoms with Crippen molar-refractivity contribution in [1.29, 1.82) is 0 Å². The summed E-state index contributed by atoms with van der Waals surface area (Å²) >= 11 is 0. The number of carbonyl (C=O) groups excluding carboxylic acids is 1. The van der Waals surface area contributed by atoms with Gasteiger partial charge in [-0.1, -0.05) is 6.07 Å². The van der Waals surface area contributed by atoms with Gasteiger partial charge in [0.05, 0.1) is 18.8 Å². The van der Waals surface area contributed by atoms with Gasteiger partial charge in [0, 0.05) is 12.2 Å². The minimum Gasteiger partial charge on any atom is -0.465 e. The molecule has 4 nitrogen and oxygen atoms in total. The number of aromatic nitrogens is 1. The third-order valence-electron chi connectivity index (χ3n) is 1.99. The standard InChI is InChI=1S/C11H16N2O2/c1-3-15-11(14)8-13-9(2)10-6-4-5-7-12-10/h4-7,9,13H,3,8H2,1-2H3/t9-/m1/s1. The molecule has 1 rings (SSSR count). The van der Waals surface area contributed by atoms with Crippen molar-refractivity contribution in [1.82, 2.24) is 10.3 Å². The molecule has 0 saturated heterocycles. The molecule has 4 heteroatoms. The van der Waals surface area contributed by atoms with Crippen LogP contribution < -0.4 is 5.32 Å². The molecule has 0 unspecified atom stereocenters. The summed E-state index contributed by atoms with van der Waals surface area (Å²) in [6.45, 7) is 4.38. The molecule has 0 bridgehead atoms. The van der Waals surface area contributed by atoms with Crippen LogP contribution in [0.5, 0.6) is 0 Å². The molecule has 0 aromatic carbocycles. The highest BCUT2D eigenvalue weighted by Crippen LogP contribution is 2.06. The monoisotopic (exact) mass is 208 g/mol. The molecule has 1 N–H and O–H groups in total. The molecule has 82 valence electrons. The average Bonchev–Trinajstić information content (AvgIpc) is 2.27. The summed E-state index contributed by atoms with van der Waals surface area (Å²) in [6.07, 6.45) is 1.73. The summed E-state index contributed by atoms with van der Waals surface area (Å²) in [5.41, 5.74) is 0.918. The molecule has 1 aromatic rings. The van der Waals surface area contributed by atoms with Gasteiger partial charge >= 0.3 is 5.97 Å². The second-order valence-corrected chi connectivity index (χ2v) is 3.16. The van der Waals surface area contributed by atoms with Crippen molar-refractivity contribution in [3.63, 3.8) is 0 Å². The first-order valence-corrected chi connectivity index (χ1v) is 5.04. The number of pyridine rings is 1. The van der Waals surface area contributed by atoms with Crippen LogP contribution >= 0.6 is 0 Å². The lowest BCUT2D eigenvalue weighted by Crippen LogP contribution is -2.27. The number of hydrogen-bond donors (Lipinski definition) is 1. The molecule has 0 aliphatic rings. The quantitative estimate of drug-likeness (QED) is 0.741. The van der Waals surface area contributed by atoms with Crippen LogP contribution in [-0.4, -0.2) is 24.1 Å². The van der Waals surface area contributed by atoms with E-state index in [1.54, 1.807) is 13.1 Å². The minimum absolute atomic E-state index is 0.0515. The van der Waals surface area contributed by atoms with Gasteiger partial charge in [-0.25, -0.2) is 0 Å². The molecule has 1 atom stereocenters. The van der Waals surface area contributed by atoms with Crippen LogP contribution in [-0.2, 0) is 9.53 Å². The van der Waals surface area contributed by atoms with Crippen molar-refractivity contribution in [2.24, 2.45) is 0 Å². The Labute approximate surface area is 89.7 Å². The third-order valence-corrected chi connectivity index (χ3v) is 1.99. The van der Waals surface area contributed by atoms with Crippen LogP contribution in [0, 0.1) is 0 Å². The van der Waals surface area contributed by atoms with Gasteiger partial charge in [0.1, 0.15) is 0 Å². The molecular weight excluding hydrogens is 192 g/mol. The van der Waals surface area contributed by atoms with Crippen LogP contribution in [0.15, 0.2) is 24.4 Å². The van der Waals surface area contributed by atoms with E-state index in [4.69, 9.17) is 4.74 Å². The Morgan fingerprint density at radius 3 is 3.00 bits per heavy atom. The zero-order valence-corrected chi connectivity index (χ0v) is 9.06. The molecule has 0 aliphatic carbocycles. The summed E-state index contributed by atoms with van der Waals surface area (Å²) in [7, 11) is 0. The number of esters is 1. The number of rotatable bonds is 5. The van der Waals surface area contributed by atoms with E-state index < -0.39 is 0 Å². The van der Waals surface area contributed by atoms with E-state index in [-0.39, 0.29) is 18.6 Å². The van der Waals surface area contributed by atoms with E-state index in [0.29, 0.717) is 6.61 Å². The molecule has 1 aromatic heterocycles. The van der Waals surface area contributed by atoms with Crippen molar-refractivity contribution in [3.05, 3.63) is 30.1 Å². The normalized spacial score (nSPS) is 12.1. The van der Waals surface area contributed by atoms with Gasteiger partial charge in [-0.05, 0) is 26.0 Å². The van der Waals surface area contributed by atoms with Gasteiger partial charge < -0.3 is 4.74 Å². The fourth-order valence-corrected chi connectivity index (χ4v) is 1.19. The van der Waals surface area contributed by atoms with Crippen LogP contribution in [0.1, 0.15) is 25.6 Å². The first-order valence-electron chi connectivity index (χ1n) is 5.04. The van der Waals surface area contributed by atoms with Gasteiger partial charge in [-0.15, -0.1) is 0 Å². The summed E-state index contributed by atoms with van der Waals surface area (Å²) in [6, 6.07) is 5.76. The number of hydrogen-bond acceptors (Lipinski definition) is 4. The van der Waals surface area contributed by atoms with E-state index in [9.17, 15) is 4.79 Å². The number of carbonyl (C=O) groups is 1. The second kappa shape index (κ2) is 6.14. The van der Waals surface area contributed by atoms with Gasteiger partial charge in [-0.2, -0.15) is 0 Å². The molecule has 0 aliphatic heterocycles. The highest BCUT2D eigenvalue weighted by atomic mass is 16.5. The maximum atomic E-state index is 11.1. The van der Waals surface area contributed by atoms with Crippen LogP contribution in [0.2, 0.25) is 0 Å². The van der Waals surface area contributed by atoms with E-state index in [0.717, 1.165) is 5.69 Å². The van der Waals surface area contributed by atoms with Gasteiger partial charge in [-0.3, -0.25) is 15.1 Å². The van der Waals surface area contributed by atoms with E-state index >= 15 is 0 Å². The third kappa shape index (κ3) is 4.08. The minimum atomic E-state index is -0.236. The van der Waals surface area contributed by atoms with Gasteiger partial charge in [0.15, 0.2) is 0 Å². The lowest BCUT2D eigenvalue weighted by atomic mass is 10.2. The van der Waals surface area contributed by atoms with E-state index in [2.05, 4.69) is 10.3 Å². The number of nitrogens with one attached hydrogen (secondary N) is 1. The maximum Gasteiger partial charge on any atom is 0.319 e. The summed E-state index contributed by atoms with van der Waals surface area (Å²) in [4.78, 5) is 15.3. The smallest absolute Gasteiger partial charge is 0.319 e. The zero-order valence-electron chi connectivity index (χ0n) is 9.06. The predicted molar refractivity (Wildman–Crippen MR) is 57.3 cm³/mol. The highest BCUT2D eigenvalue weighted by molar-refractivity contribution is 5.71. The molecule has 0 radical (unpaired) electrons. The van der Waals surface area contributed by atoms with E-state index in [1.165, 1.54) is 0 Å². The van der Waals surface area contributed by atoms with Crippen molar-refractivity contribution >= 4 is 5.97 Å². The fraction of sp³-hybridized carbons (Fsp3) is 0.455. The lowest BCUT2D eigenvalue weighted by molar-refractivity contribution is -0.142. The van der Waals surface area contributed by atoms with Crippen molar-refractivity contribution in [2.45, 2.75) is 19.9 Å². The van der Waals surface area contributed by atoms with Crippen LogP contribution in [0.3, 0.4) is 0 Å². The van der Waals surface area contributed by atoms with Crippen molar-refractivity contribution in [3.8, 4) is 0 Å². The van der Waals surface area contributed by atoms with Crippen molar-refractivity contribution < 1.29 is 9.53 Å². The number of ether oxygens (including phenoxy) is 1. The molecule has 0 saturated carbocycles. The summed E-state index contributed by atoms with van der Waals surface area (Å²) < 4.78 is 4.81. The fourth-order valence-electron chi connectivity index (χ4n) is 1.19. The second-order valence-electron chi connectivity index (χ2n) is 3.16. The number of nitrogens with zero attached hydrogens (tertiary/aromatic N) is 1. The Bertz CT molecular complexity index is 301. The Morgan fingerprint density at radius 2 is 2.40 bits per heavy atom. The highest BCUT2D eigenvalue weighted by Gasteiger charge is 2.08. The molecular formula is C11H16N2O2. The molecule has 0 fully saturated rings. The Balaban J connectivity index is 2.37. The molecule has 1 heterocycles. The van der Waals surface area contributed by atoms with Gasteiger partial charge in [0.2, 0.25) is 0 Å². The topological polar surface area (TPSA) is 51.2 Å². The van der Waals surface area contributed by atoms with Gasteiger partial charge in [0.25, 0.3) is 0 Å². The summed E-state index contributed by atoms with van der Waals surface area (Å²) in [5, 5.41) is 3.05. The largest absolute Gasteiger partial charge is 0.465 e. The summed E-state index contributed by atoms with van der Waals surface area (Å²) in [5.74, 6) is -0.236. The molecule has 0 amide bonds. The van der Waals surface area contributed by atoms with Crippen LogP contribution in [0.4, 0.5) is 0 Å². The molecule has 15 heavy (non-hydrogen) atoms. The Kier molecular flexibility index (Phi) is 4.77. The van der Waals surface area contributed by atoms with E-state index in [1.807, 2.05) is 25.1 Å². The van der Waals surface area contributed by atoms with Crippen molar-refractivity contribution in [2.75, 3.05) is 13.2 Å². The maximum absolute atomic E-state index is 11.1. The average molecular weight is 208 g/mol. The molecule has 0 spiro atoms. The Hall–Kier alpha value is -1.42. The first-order chi connectivity index (χ1) is 7.24. The Morgan fingerprint density at radius 1 is 1.60 bits per heavy atom. The lowest BCUT2D eigenvalue weighted by Gasteiger charge is -2.12. The first kappa shape index (κ1) is 11.7. The van der Waals surface area contributed by atoms with Crippen LogP contribution in [0.25, 0.3) is 0 Å². The predicted octanol–water partition coefficient (Wildman–Crippen LogP) is 1.30. The zero-order chi connectivity index (χ0) is 11.1. The SMILES string of the molecule is CCOC(=O)CN[C@H](C)c1ccccn1.